The zero-order chi connectivity index (χ0) is 18.5. The molecule has 0 saturated carbocycles. The van der Waals surface area contributed by atoms with Crippen LogP contribution in [-0.4, -0.2) is 37.9 Å². The highest BCUT2D eigenvalue weighted by molar-refractivity contribution is 7.80. The van der Waals surface area contributed by atoms with Crippen molar-refractivity contribution in [2.75, 3.05) is 17.3 Å². The molecule has 26 heavy (non-hydrogen) atoms. The van der Waals surface area contributed by atoms with Crippen LogP contribution in [-0.2, 0) is 4.74 Å². The molecule has 0 radical (unpaired) electrons. The van der Waals surface area contributed by atoms with E-state index in [-0.39, 0.29) is 22.6 Å². The number of H-pyrrole nitrogens is 2. The third-order valence-corrected chi connectivity index (χ3v) is 3.47. The standard InChI is InChI=1S/C15H15N7O3S/c1-2-25-13(24)8-3-5-9(6-4-8)17-15(26)22-21-14-18-11-10(7-16-20-11)12(23)19-14/h3-7H,2H2,1H3,(H2,17,22,26)(H3,16,18,19,20,21,23). The number of thiocarbonyl (C=S) groups is 1. The number of rotatable bonds is 5. The van der Waals surface area contributed by atoms with Gasteiger partial charge in [-0.3, -0.25) is 25.7 Å². The summed E-state index contributed by atoms with van der Waals surface area (Å²) >= 11 is 5.16. The van der Waals surface area contributed by atoms with Crippen LogP contribution in [0.4, 0.5) is 11.6 Å². The van der Waals surface area contributed by atoms with E-state index < -0.39 is 0 Å². The molecule has 134 valence electrons. The molecule has 0 aliphatic carbocycles. The molecule has 0 fully saturated rings. The van der Waals surface area contributed by atoms with Crippen LogP contribution < -0.4 is 21.7 Å². The van der Waals surface area contributed by atoms with E-state index in [2.05, 4.69) is 36.3 Å². The number of aromatic nitrogens is 4. The number of hydrazine groups is 1. The average Bonchev–Trinajstić information content (AvgIpc) is 3.10. The molecule has 0 aliphatic heterocycles. The van der Waals surface area contributed by atoms with Gasteiger partial charge in [0, 0.05) is 5.69 Å². The number of aromatic amines is 2. The van der Waals surface area contributed by atoms with Crippen LogP contribution in [0.1, 0.15) is 17.3 Å². The fourth-order valence-electron chi connectivity index (χ4n) is 2.09. The quantitative estimate of drug-likeness (QED) is 0.253. The number of fused-ring (bicyclic) bond motifs is 1. The van der Waals surface area contributed by atoms with Gasteiger partial charge in [-0.1, -0.05) is 0 Å². The summed E-state index contributed by atoms with van der Waals surface area (Å²) in [7, 11) is 0. The van der Waals surface area contributed by atoms with Crippen molar-refractivity contribution in [1.29, 1.82) is 0 Å². The van der Waals surface area contributed by atoms with Gasteiger partial charge in [-0.05, 0) is 43.4 Å². The van der Waals surface area contributed by atoms with E-state index in [1.807, 2.05) is 0 Å². The van der Waals surface area contributed by atoms with Crippen LogP contribution in [0.5, 0.6) is 0 Å². The Kier molecular flexibility index (Phi) is 5.08. The monoisotopic (exact) mass is 373 g/mol. The topological polar surface area (TPSA) is 137 Å². The number of benzene rings is 1. The first-order valence-electron chi connectivity index (χ1n) is 7.60. The molecule has 5 N–H and O–H groups in total. The molecule has 3 rings (SSSR count). The smallest absolute Gasteiger partial charge is 0.338 e. The molecule has 0 aliphatic rings. The van der Waals surface area contributed by atoms with Gasteiger partial charge >= 0.3 is 5.97 Å². The number of hydrogen-bond donors (Lipinski definition) is 5. The number of carbonyl (C=O) groups excluding carboxylic acids is 1. The molecule has 1 aromatic carbocycles. The van der Waals surface area contributed by atoms with Crippen LogP contribution in [0.15, 0.2) is 35.3 Å². The minimum absolute atomic E-state index is 0.175. The van der Waals surface area contributed by atoms with Crippen molar-refractivity contribution in [3.63, 3.8) is 0 Å². The van der Waals surface area contributed by atoms with Crippen molar-refractivity contribution in [3.8, 4) is 0 Å². The lowest BCUT2D eigenvalue weighted by atomic mass is 10.2. The lowest BCUT2D eigenvalue weighted by Gasteiger charge is -2.12. The number of hydrogen-bond acceptors (Lipinski definition) is 7. The third kappa shape index (κ3) is 3.95. The number of carbonyl (C=O) groups is 1. The normalized spacial score (nSPS) is 10.3. The second-order valence-corrected chi connectivity index (χ2v) is 5.46. The number of anilines is 2. The Bertz CT molecular complexity index is 996. The Balaban J connectivity index is 1.58. The fourth-order valence-corrected chi connectivity index (χ4v) is 2.26. The van der Waals surface area contributed by atoms with Gasteiger partial charge in [0.05, 0.1) is 18.4 Å². The minimum Gasteiger partial charge on any atom is -0.462 e. The molecule has 10 nitrogen and oxygen atoms in total. The van der Waals surface area contributed by atoms with E-state index in [1.165, 1.54) is 6.20 Å². The van der Waals surface area contributed by atoms with Gasteiger partial charge in [0.2, 0.25) is 5.95 Å². The highest BCUT2D eigenvalue weighted by Gasteiger charge is 2.07. The Morgan fingerprint density at radius 3 is 2.81 bits per heavy atom. The molecule has 0 bridgehead atoms. The second kappa shape index (κ2) is 7.61. The minimum atomic E-state index is -0.384. The van der Waals surface area contributed by atoms with Gasteiger partial charge < -0.3 is 10.1 Å². The molecule has 0 saturated heterocycles. The van der Waals surface area contributed by atoms with Crippen LogP contribution in [0.25, 0.3) is 11.0 Å². The Hall–Kier alpha value is -3.47. The zero-order valence-corrected chi connectivity index (χ0v) is 14.4. The molecule has 3 aromatic rings. The summed E-state index contributed by atoms with van der Waals surface area (Å²) in [5.41, 5.74) is 6.53. The van der Waals surface area contributed by atoms with Crippen LogP contribution in [0, 0.1) is 0 Å². The molecule has 0 spiro atoms. The maximum Gasteiger partial charge on any atom is 0.338 e. The SMILES string of the molecule is CCOC(=O)c1ccc(NC(=S)NNc2nc3[nH]ncc3c(=O)[nH]2)cc1. The maximum atomic E-state index is 11.8. The predicted molar refractivity (Wildman–Crippen MR) is 99.9 cm³/mol. The summed E-state index contributed by atoms with van der Waals surface area (Å²) in [6, 6.07) is 6.64. The number of nitrogens with one attached hydrogen (secondary N) is 5. The predicted octanol–water partition coefficient (Wildman–Crippen LogP) is 1.14. The maximum absolute atomic E-state index is 11.8. The van der Waals surface area contributed by atoms with Crippen LogP contribution in [0.2, 0.25) is 0 Å². The van der Waals surface area contributed by atoms with Crippen molar-refractivity contribution in [1.82, 2.24) is 25.6 Å². The first-order valence-corrected chi connectivity index (χ1v) is 8.01. The van der Waals surface area contributed by atoms with E-state index in [4.69, 9.17) is 17.0 Å². The van der Waals surface area contributed by atoms with Crippen LogP contribution in [0.3, 0.4) is 0 Å². The zero-order valence-electron chi connectivity index (χ0n) is 13.6. The summed E-state index contributed by atoms with van der Waals surface area (Å²) in [4.78, 5) is 30.1. The second-order valence-electron chi connectivity index (χ2n) is 5.05. The van der Waals surface area contributed by atoms with Gasteiger partial charge in [-0.2, -0.15) is 10.1 Å². The van der Waals surface area contributed by atoms with Crippen molar-refractivity contribution in [2.24, 2.45) is 0 Å². The molecule has 0 amide bonds. The van der Waals surface area contributed by atoms with Gasteiger partial charge in [-0.25, -0.2) is 4.79 Å². The first kappa shape index (κ1) is 17.4. The van der Waals surface area contributed by atoms with Crippen molar-refractivity contribution in [3.05, 3.63) is 46.4 Å². The molecule has 11 heteroatoms. The summed E-state index contributed by atoms with van der Waals surface area (Å²) in [5, 5.41) is 9.89. The van der Waals surface area contributed by atoms with Crippen LogP contribution >= 0.6 is 12.2 Å². The van der Waals surface area contributed by atoms with Crippen molar-refractivity contribution >= 4 is 46.0 Å². The van der Waals surface area contributed by atoms with Crippen molar-refractivity contribution < 1.29 is 9.53 Å². The Morgan fingerprint density at radius 2 is 2.08 bits per heavy atom. The third-order valence-electron chi connectivity index (χ3n) is 3.27. The van der Waals surface area contributed by atoms with Gasteiger partial charge in [0.25, 0.3) is 5.56 Å². The summed E-state index contributed by atoms with van der Waals surface area (Å²) in [5.74, 6) is -0.209. The molecular formula is C15H15N7O3S. The Morgan fingerprint density at radius 1 is 1.31 bits per heavy atom. The molecular weight excluding hydrogens is 358 g/mol. The summed E-state index contributed by atoms with van der Waals surface area (Å²) in [6.07, 6.45) is 1.39. The number of ether oxygens (including phenoxy) is 1. The lowest BCUT2D eigenvalue weighted by Crippen LogP contribution is -2.34. The molecule has 2 heterocycles. The Labute approximate surface area is 152 Å². The van der Waals surface area contributed by atoms with Gasteiger partial charge in [-0.15, -0.1) is 0 Å². The first-order chi connectivity index (χ1) is 12.6. The summed E-state index contributed by atoms with van der Waals surface area (Å²) < 4.78 is 4.92. The highest BCUT2D eigenvalue weighted by atomic mass is 32.1. The molecule has 0 atom stereocenters. The van der Waals surface area contributed by atoms with E-state index in [0.29, 0.717) is 28.9 Å². The van der Waals surface area contributed by atoms with E-state index >= 15 is 0 Å². The number of nitrogens with zero attached hydrogens (tertiary/aromatic N) is 2. The van der Waals surface area contributed by atoms with E-state index in [1.54, 1.807) is 31.2 Å². The van der Waals surface area contributed by atoms with Gasteiger partial charge in [0.15, 0.2) is 10.8 Å². The van der Waals surface area contributed by atoms with E-state index in [9.17, 15) is 9.59 Å². The summed E-state index contributed by atoms with van der Waals surface area (Å²) in [6.45, 7) is 2.07. The highest BCUT2D eigenvalue weighted by Crippen LogP contribution is 2.10. The average molecular weight is 373 g/mol. The number of esters is 1. The van der Waals surface area contributed by atoms with E-state index in [0.717, 1.165) is 0 Å². The largest absolute Gasteiger partial charge is 0.462 e. The van der Waals surface area contributed by atoms with Crippen molar-refractivity contribution in [2.45, 2.75) is 6.92 Å². The molecule has 2 aromatic heterocycles. The lowest BCUT2D eigenvalue weighted by molar-refractivity contribution is 0.0526. The van der Waals surface area contributed by atoms with Gasteiger partial charge in [0.1, 0.15) is 5.39 Å². The molecule has 0 unspecified atom stereocenters. The fraction of sp³-hybridized carbons (Fsp3) is 0.133.